The van der Waals surface area contributed by atoms with Crippen molar-refractivity contribution in [3.05, 3.63) is 269 Å². The van der Waals surface area contributed by atoms with Gasteiger partial charge in [0.05, 0.1) is 54.5 Å². The quantitative estimate of drug-likeness (QED) is 0.0675. The Morgan fingerprint density at radius 3 is 1.56 bits per heavy atom. The topological polar surface area (TPSA) is 220 Å². The highest BCUT2D eigenvalue weighted by atomic mass is 32.1. The van der Waals surface area contributed by atoms with Crippen LogP contribution in [-0.4, -0.2) is 57.0 Å². The Balaban J connectivity index is 0.000000116. The number of oxazole rings is 2. The molecule has 87 heavy (non-hydrogen) atoms. The molecule has 0 atom stereocenters. The predicted molar refractivity (Wildman–Crippen MR) is 351 cm³/mol. The molecule has 0 fully saturated rings. The Labute approximate surface area is 509 Å². The van der Waals surface area contributed by atoms with Crippen LogP contribution in [0.15, 0.2) is 256 Å². The number of rotatable bonds is 6. The number of carbonyl (C=O) groups excluding carboxylic acids is 1. The summed E-state index contributed by atoms with van der Waals surface area (Å²) in [7, 11) is 0. The van der Waals surface area contributed by atoms with Crippen LogP contribution in [-0.2, 0) is 17.6 Å². The van der Waals surface area contributed by atoms with E-state index in [1.165, 1.54) is 17.2 Å². The van der Waals surface area contributed by atoms with Crippen molar-refractivity contribution >= 4 is 100 Å². The minimum atomic E-state index is 0.0929. The minimum Gasteiger partial charge on any atom is -0.513 e. The molecule has 2 aliphatic heterocycles. The number of thiazole rings is 2. The Morgan fingerprint density at radius 2 is 0.989 bits per heavy atom. The number of para-hydroxylation sites is 11. The van der Waals surface area contributed by atoms with E-state index < -0.39 is 0 Å². The largest absolute Gasteiger partial charge is 0.513 e. The summed E-state index contributed by atoms with van der Waals surface area (Å²) < 4.78 is 13.2. The van der Waals surface area contributed by atoms with Gasteiger partial charge in [-0.1, -0.05) is 121 Å². The lowest BCUT2D eigenvalue weighted by molar-refractivity contribution is -0.112. The van der Waals surface area contributed by atoms with Crippen molar-refractivity contribution in [1.82, 2.24) is 19.9 Å². The molecule has 0 radical (unpaired) electrons. The number of hydrogen-bond acceptors (Lipinski definition) is 16. The summed E-state index contributed by atoms with van der Waals surface area (Å²) >= 11 is 3.17. The van der Waals surface area contributed by atoms with Gasteiger partial charge in [-0.2, -0.15) is 0 Å². The number of hydrogen-bond donors (Lipinski definition) is 6. The second-order valence-corrected chi connectivity index (χ2v) is 21.8. The molecule has 9 aromatic carbocycles. The summed E-state index contributed by atoms with van der Waals surface area (Å²) in [4.78, 5) is 32.7. The maximum absolute atomic E-state index is 10.8. The van der Waals surface area contributed by atoms with Crippen molar-refractivity contribution in [2.24, 2.45) is 4.99 Å². The van der Waals surface area contributed by atoms with Gasteiger partial charge in [-0.15, -0.1) is 22.7 Å². The fourth-order valence-electron chi connectivity index (χ4n) is 9.10. The Kier molecular flexibility index (Phi) is 19.1. The van der Waals surface area contributed by atoms with Gasteiger partial charge in [0.2, 0.25) is 11.8 Å². The lowest BCUT2D eigenvalue weighted by Gasteiger charge is -2.02. The molecule has 4 aromatic heterocycles. The summed E-state index contributed by atoms with van der Waals surface area (Å²) in [6.07, 6.45) is 6.45. The third kappa shape index (κ3) is 15.6. The van der Waals surface area contributed by atoms with Crippen LogP contribution in [0, 0.1) is 0 Å². The highest BCUT2D eigenvalue weighted by molar-refractivity contribution is 7.21. The van der Waals surface area contributed by atoms with E-state index in [2.05, 4.69) is 42.4 Å². The van der Waals surface area contributed by atoms with E-state index in [-0.39, 0.29) is 23.0 Å². The Morgan fingerprint density at radius 1 is 0.483 bits per heavy atom. The van der Waals surface area contributed by atoms with Crippen LogP contribution in [0.2, 0.25) is 0 Å². The molecule has 6 heterocycles. The zero-order chi connectivity index (χ0) is 60.7. The van der Waals surface area contributed by atoms with Crippen molar-refractivity contribution < 1.29 is 39.2 Å². The van der Waals surface area contributed by atoms with E-state index in [4.69, 9.17) is 19.0 Å². The average Bonchev–Trinajstić information content (AvgIpc) is 4.20. The van der Waals surface area contributed by atoms with E-state index in [0.29, 0.717) is 28.9 Å². The number of aliphatic hydroxyl groups excluding tert-OH is 2. The summed E-state index contributed by atoms with van der Waals surface area (Å²) in [5.74, 6) is 2.20. The number of nitrogens with one attached hydrogen (secondary N) is 1. The predicted octanol–water partition coefficient (Wildman–Crippen LogP) is 18.0. The maximum atomic E-state index is 10.8. The van der Waals surface area contributed by atoms with Crippen LogP contribution < -0.4 is 5.32 Å². The zero-order valence-corrected chi connectivity index (χ0v) is 49.1. The Hall–Kier alpha value is -10.9. The van der Waals surface area contributed by atoms with Crippen LogP contribution in [0.3, 0.4) is 0 Å². The maximum Gasteiger partial charge on any atom is 0.231 e. The molecular weight excluding hydrogens is 1130 g/mol. The number of allylic oxidation sites excluding steroid dienone is 4. The number of anilines is 1. The molecule has 2 aliphatic rings. The number of ketones is 1. The molecule has 0 saturated carbocycles. The standard InChI is InChI=1S/C14H11NO.C13H9NO2.C13H9NOS.C11H11NO.C10H9NO2.C10H9NOS/c16-14-8-4-2-6-11(14)13-9-10-5-1-3-7-12(10)15-13;2*15-11-7-3-1-5-9(11)13-14-10-6-2-4-8-12(10)16-13;1-8(13)6-10-7-9-4-2-3-5-11(9)12-10;2*1-7(12)6-10-11-8-4-2-3-5-9(8)13-10/h1-8,16H,9H2;2*1-8,15H;2-6,12H,7H2,1H3;2*2-6,12H,1H3/b;;;;2*7-6-. The number of phenolic OH excluding ortho intramolecular Hbond substituents is 3. The van der Waals surface area contributed by atoms with E-state index in [1.54, 1.807) is 85.9 Å². The van der Waals surface area contributed by atoms with Gasteiger partial charge in [-0.3, -0.25) is 9.79 Å². The zero-order valence-electron chi connectivity index (χ0n) is 47.4. The van der Waals surface area contributed by atoms with Gasteiger partial charge in [-0.25, -0.2) is 19.9 Å². The number of aliphatic imine (C=N–C) groups is 1. The van der Waals surface area contributed by atoms with E-state index in [9.17, 15) is 20.1 Å². The van der Waals surface area contributed by atoms with Crippen LogP contribution in [0.25, 0.3) is 76.8 Å². The number of aromatic hydroxyl groups is 3. The molecule has 0 amide bonds. The molecular formula is C71H58N6O8S2. The lowest BCUT2D eigenvalue weighted by Crippen LogP contribution is -2.00. The molecule has 16 heteroatoms. The molecule has 15 rings (SSSR count). The molecule has 0 saturated heterocycles. The summed E-state index contributed by atoms with van der Waals surface area (Å²) in [5, 5.41) is 52.2. The first-order chi connectivity index (χ1) is 42.3. The minimum absolute atomic E-state index is 0.0929. The number of carbonyl (C=O) groups is 1. The van der Waals surface area contributed by atoms with Gasteiger partial charge in [0.15, 0.2) is 16.9 Å². The SMILES string of the molecule is C/C(O)=C/c1nc2ccccc2o1.C/C(O)=C/c1nc2ccccc2s1.CC(=O)C=C1Cc2ccccc2N1.Oc1ccccc1-c1nc2ccccc2o1.Oc1ccccc1-c1nc2ccccc2s1.Oc1ccccc1C1=Nc2ccccc2C1. The van der Waals surface area contributed by atoms with Gasteiger partial charge in [0, 0.05) is 48.0 Å². The smallest absolute Gasteiger partial charge is 0.231 e. The summed E-state index contributed by atoms with van der Waals surface area (Å²) in [6.45, 7) is 4.79. The molecule has 14 nitrogen and oxygen atoms in total. The van der Waals surface area contributed by atoms with Crippen molar-refractivity contribution in [3.63, 3.8) is 0 Å². The first-order valence-electron chi connectivity index (χ1n) is 27.5. The highest BCUT2D eigenvalue weighted by Gasteiger charge is 2.18. The molecule has 0 aliphatic carbocycles. The summed E-state index contributed by atoms with van der Waals surface area (Å²) in [5.41, 5.74) is 13.8. The van der Waals surface area contributed by atoms with Crippen molar-refractivity contribution in [2.75, 3.05) is 5.32 Å². The second-order valence-electron chi connectivity index (χ2n) is 19.7. The second kappa shape index (κ2) is 28.1. The van der Waals surface area contributed by atoms with Crippen LogP contribution in [0.5, 0.6) is 17.2 Å². The molecule has 0 unspecified atom stereocenters. The van der Waals surface area contributed by atoms with Crippen LogP contribution in [0.4, 0.5) is 11.4 Å². The van der Waals surface area contributed by atoms with E-state index in [1.807, 2.05) is 176 Å². The van der Waals surface area contributed by atoms with Gasteiger partial charge >= 0.3 is 0 Å². The first kappa shape index (κ1) is 59.2. The third-order valence-electron chi connectivity index (χ3n) is 13.0. The monoisotopic (exact) mass is 1190 g/mol. The Bertz CT molecular complexity index is 4300. The normalized spacial score (nSPS) is 12.6. The van der Waals surface area contributed by atoms with Crippen molar-refractivity contribution in [1.29, 1.82) is 0 Å². The molecule has 0 bridgehead atoms. The van der Waals surface area contributed by atoms with Gasteiger partial charge in [0.25, 0.3) is 0 Å². The van der Waals surface area contributed by atoms with Crippen molar-refractivity contribution in [2.45, 2.75) is 33.6 Å². The highest BCUT2D eigenvalue weighted by Crippen LogP contribution is 2.36. The van der Waals surface area contributed by atoms with E-state index in [0.717, 1.165) is 99.4 Å². The average molecular weight is 1190 g/mol. The number of benzene rings is 9. The van der Waals surface area contributed by atoms with Crippen LogP contribution >= 0.6 is 22.7 Å². The first-order valence-corrected chi connectivity index (χ1v) is 29.2. The number of fused-ring (bicyclic) bond motifs is 6. The number of aliphatic hydroxyl groups is 2. The van der Waals surface area contributed by atoms with Gasteiger partial charge in [0.1, 0.15) is 38.3 Å². The van der Waals surface area contributed by atoms with Crippen molar-refractivity contribution in [3.8, 4) is 39.3 Å². The molecule has 432 valence electrons. The van der Waals surface area contributed by atoms with Crippen LogP contribution in [0.1, 0.15) is 48.4 Å². The third-order valence-corrected chi connectivity index (χ3v) is 15.1. The van der Waals surface area contributed by atoms with E-state index >= 15 is 0 Å². The van der Waals surface area contributed by atoms with Gasteiger partial charge in [-0.05, 0) is 129 Å². The molecule has 13 aromatic rings. The fourth-order valence-corrected chi connectivity index (χ4v) is 11.1. The fraction of sp³-hybridized carbons (Fsp3) is 0.0704. The number of nitrogens with zero attached hydrogens (tertiary/aromatic N) is 5. The number of phenols is 3. The summed E-state index contributed by atoms with van der Waals surface area (Å²) in [6, 6.07) is 68.7. The lowest BCUT2D eigenvalue weighted by atomic mass is 10.0. The molecule has 6 N–H and O–H groups in total. The number of aromatic nitrogens is 4. The molecule has 0 spiro atoms. The van der Waals surface area contributed by atoms with Gasteiger partial charge < -0.3 is 39.7 Å².